The normalized spacial score (nSPS) is 11.3. The van der Waals surface area contributed by atoms with Crippen molar-refractivity contribution >= 4 is 17.1 Å². The third-order valence-electron chi connectivity index (χ3n) is 3.78. The number of ether oxygens (including phenoxy) is 2. The molecule has 0 aliphatic carbocycles. The van der Waals surface area contributed by atoms with Crippen LogP contribution in [-0.4, -0.2) is 16.7 Å². The number of aryl methyl sites for hydroxylation is 1. The molecule has 3 rings (SSSR count). The first-order valence-electron chi connectivity index (χ1n) is 7.57. The highest BCUT2D eigenvalue weighted by molar-refractivity contribution is 5.75. The fourth-order valence-corrected chi connectivity index (χ4v) is 2.57. The summed E-state index contributed by atoms with van der Waals surface area (Å²) < 4.78 is 13.4. The van der Waals surface area contributed by atoms with Crippen LogP contribution in [0.1, 0.15) is 18.3 Å². The molecule has 0 saturated carbocycles. The number of benzene rings is 2. The molecular weight excluding hydrogens is 288 g/mol. The topological polar surface area (TPSA) is 36.3 Å². The summed E-state index contributed by atoms with van der Waals surface area (Å²) in [6.07, 6.45) is 4.02. The van der Waals surface area contributed by atoms with E-state index in [9.17, 15) is 0 Å². The van der Waals surface area contributed by atoms with E-state index in [0.29, 0.717) is 12.4 Å². The van der Waals surface area contributed by atoms with Crippen molar-refractivity contribution in [3.8, 4) is 11.5 Å². The zero-order valence-corrected chi connectivity index (χ0v) is 13.6. The van der Waals surface area contributed by atoms with Crippen LogP contribution < -0.4 is 9.47 Å². The van der Waals surface area contributed by atoms with E-state index >= 15 is 0 Å². The number of hydrogen-bond acceptors (Lipinski definition) is 3. The molecule has 0 aliphatic heterocycles. The monoisotopic (exact) mass is 308 g/mol. The minimum atomic E-state index is 0.393. The molecule has 2 aromatic carbocycles. The van der Waals surface area contributed by atoms with Crippen molar-refractivity contribution in [2.75, 3.05) is 7.11 Å². The number of methoxy groups -OCH3 is 1. The Morgan fingerprint density at radius 3 is 2.70 bits per heavy atom. The lowest BCUT2D eigenvalue weighted by Crippen LogP contribution is -2.04. The molecule has 0 saturated heterocycles. The number of nitrogens with zero attached hydrogens (tertiary/aromatic N) is 2. The number of imidazole rings is 1. The largest absolute Gasteiger partial charge is 0.493 e. The predicted molar refractivity (Wildman–Crippen MR) is 92.7 cm³/mol. The van der Waals surface area contributed by atoms with Gasteiger partial charge in [-0.25, -0.2) is 4.98 Å². The summed E-state index contributed by atoms with van der Waals surface area (Å²) in [6.45, 7) is 2.38. The van der Waals surface area contributed by atoms with Gasteiger partial charge in [-0.15, -0.1) is 0 Å². The van der Waals surface area contributed by atoms with Gasteiger partial charge in [0.25, 0.3) is 0 Å². The van der Waals surface area contributed by atoms with Gasteiger partial charge in [0.2, 0.25) is 0 Å². The van der Waals surface area contributed by atoms with Crippen LogP contribution in [-0.2, 0) is 13.7 Å². The lowest BCUT2D eigenvalue weighted by Gasteiger charge is -2.11. The first kappa shape index (κ1) is 15.2. The van der Waals surface area contributed by atoms with Gasteiger partial charge in [0, 0.05) is 7.05 Å². The summed E-state index contributed by atoms with van der Waals surface area (Å²) >= 11 is 0. The minimum absolute atomic E-state index is 0.393. The number of hydrogen-bond donors (Lipinski definition) is 0. The zero-order chi connectivity index (χ0) is 16.2. The number of allylic oxidation sites excluding steroid dienone is 1. The average molecular weight is 308 g/mol. The second-order valence-electron chi connectivity index (χ2n) is 5.27. The van der Waals surface area contributed by atoms with Crippen LogP contribution in [0, 0.1) is 0 Å². The van der Waals surface area contributed by atoms with Gasteiger partial charge in [-0.3, -0.25) is 0 Å². The van der Waals surface area contributed by atoms with E-state index in [-0.39, 0.29) is 0 Å². The second kappa shape index (κ2) is 6.57. The van der Waals surface area contributed by atoms with Gasteiger partial charge in [-0.1, -0.05) is 30.4 Å². The Morgan fingerprint density at radius 2 is 1.96 bits per heavy atom. The van der Waals surface area contributed by atoms with Gasteiger partial charge < -0.3 is 14.0 Å². The number of para-hydroxylation sites is 2. The van der Waals surface area contributed by atoms with Crippen molar-refractivity contribution in [3.63, 3.8) is 0 Å². The van der Waals surface area contributed by atoms with Crippen LogP contribution in [0.5, 0.6) is 11.5 Å². The number of aromatic nitrogens is 2. The molecule has 0 unspecified atom stereocenters. The molecule has 0 fully saturated rings. The standard InChI is InChI=1S/C19H20N2O2/c1-4-7-14-10-11-17(18(12-14)22-3)23-13-19-20-15-8-5-6-9-16(15)21(19)2/h4-12H,13H2,1-3H3. The summed E-state index contributed by atoms with van der Waals surface area (Å²) in [5, 5.41) is 0. The molecule has 1 aromatic heterocycles. The highest BCUT2D eigenvalue weighted by Crippen LogP contribution is 2.29. The fraction of sp³-hybridized carbons (Fsp3) is 0.211. The van der Waals surface area contributed by atoms with E-state index in [2.05, 4.69) is 15.6 Å². The van der Waals surface area contributed by atoms with Gasteiger partial charge in [-0.05, 0) is 36.8 Å². The quantitative estimate of drug-likeness (QED) is 0.709. The van der Waals surface area contributed by atoms with Gasteiger partial charge in [0.15, 0.2) is 11.5 Å². The van der Waals surface area contributed by atoms with Crippen LogP contribution in [0.15, 0.2) is 48.5 Å². The molecule has 1 heterocycles. The van der Waals surface area contributed by atoms with Crippen LogP contribution in [0.3, 0.4) is 0 Å². The average Bonchev–Trinajstić information content (AvgIpc) is 2.90. The second-order valence-corrected chi connectivity index (χ2v) is 5.27. The summed E-state index contributed by atoms with van der Waals surface area (Å²) in [7, 11) is 3.65. The highest BCUT2D eigenvalue weighted by atomic mass is 16.5. The number of rotatable bonds is 5. The molecule has 0 atom stereocenters. The van der Waals surface area contributed by atoms with Crippen LogP contribution in [0.25, 0.3) is 17.1 Å². The Kier molecular flexibility index (Phi) is 4.33. The molecule has 0 amide bonds. The molecule has 118 valence electrons. The summed E-state index contributed by atoms with van der Waals surface area (Å²) in [6, 6.07) is 14.0. The SMILES string of the molecule is CC=Cc1ccc(OCc2nc3ccccc3n2C)c(OC)c1. The predicted octanol–water partition coefficient (Wildman–Crippen LogP) is 4.19. The smallest absolute Gasteiger partial charge is 0.161 e. The number of fused-ring (bicyclic) bond motifs is 1. The molecule has 0 radical (unpaired) electrons. The van der Waals surface area contributed by atoms with Crippen LogP contribution in [0.4, 0.5) is 0 Å². The lowest BCUT2D eigenvalue weighted by molar-refractivity contribution is 0.273. The van der Waals surface area contributed by atoms with Gasteiger partial charge in [0.1, 0.15) is 12.4 Å². The van der Waals surface area contributed by atoms with Gasteiger partial charge in [-0.2, -0.15) is 0 Å². The van der Waals surface area contributed by atoms with Crippen molar-refractivity contribution in [1.29, 1.82) is 0 Å². The molecule has 3 aromatic rings. The highest BCUT2D eigenvalue weighted by Gasteiger charge is 2.10. The summed E-state index contributed by atoms with van der Waals surface area (Å²) in [4.78, 5) is 4.62. The molecule has 0 spiro atoms. The maximum absolute atomic E-state index is 5.93. The maximum Gasteiger partial charge on any atom is 0.161 e. The molecule has 0 N–H and O–H groups in total. The lowest BCUT2D eigenvalue weighted by atomic mass is 10.2. The Morgan fingerprint density at radius 1 is 1.13 bits per heavy atom. The molecule has 4 heteroatoms. The minimum Gasteiger partial charge on any atom is -0.493 e. The van der Waals surface area contributed by atoms with E-state index in [1.54, 1.807) is 7.11 Å². The van der Waals surface area contributed by atoms with E-state index in [1.165, 1.54) is 0 Å². The molecule has 4 nitrogen and oxygen atoms in total. The molecule has 23 heavy (non-hydrogen) atoms. The first-order chi connectivity index (χ1) is 11.2. The van der Waals surface area contributed by atoms with Crippen molar-refractivity contribution in [2.45, 2.75) is 13.5 Å². The van der Waals surface area contributed by atoms with Crippen LogP contribution in [0.2, 0.25) is 0 Å². The van der Waals surface area contributed by atoms with Crippen molar-refractivity contribution in [2.24, 2.45) is 7.05 Å². The van der Waals surface area contributed by atoms with Crippen molar-refractivity contribution in [3.05, 3.63) is 59.9 Å². The fourth-order valence-electron chi connectivity index (χ4n) is 2.57. The first-order valence-corrected chi connectivity index (χ1v) is 7.57. The van der Waals surface area contributed by atoms with E-state index in [4.69, 9.17) is 9.47 Å². The van der Waals surface area contributed by atoms with E-state index in [0.717, 1.165) is 28.2 Å². The molecular formula is C19H20N2O2. The molecule has 0 bridgehead atoms. The van der Waals surface area contributed by atoms with E-state index in [1.807, 2.05) is 62.5 Å². The summed E-state index contributed by atoms with van der Waals surface area (Å²) in [5.74, 6) is 2.32. The maximum atomic E-state index is 5.93. The van der Waals surface area contributed by atoms with Gasteiger partial charge in [0.05, 0.1) is 18.1 Å². The van der Waals surface area contributed by atoms with E-state index < -0.39 is 0 Å². The Hall–Kier alpha value is -2.75. The van der Waals surface area contributed by atoms with Crippen LogP contribution >= 0.6 is 0 Å². The Labute approximate surface area is 136 Å². The third-order valence-corrected chi connectivity index (χ3v) is 3.78. The Balaban J connectivity index is 1.83. The van der Waals surface area contributed by atoms with Crippen molar-refractivity contribution < 1.29 is 9.47 Å². The summed E-state index contributed by atoms with van der Waals surface area (Å²) in [5.41, 5.74) is 3.16. The third kappa shape index (κ3) is 3.06. The molecule has 0 aliphatic rings. The zero-order valence-electron chi connectivity index (χ0n) is 13.6. The Bertz CT molecular complexity index is 850. The van der Waals surface area contributed by atoms with Crippen molar-refractivity contribution in [1.82, 2.24) is 9.55 Å². The van der Waals surface area contributed by atoms with Gasteiger partial charge >= 0.3 is 0 Å².